The Morgan fingerprint density at radius 1 is 1.07 bits per heavy atom. The normalized spacial score (nSPS) is 22.1. The van der Waals surface area contributed by atoms with Crippen molar-refractivity contribution in [3.05, 3.63) is 48.0 Å². The summed E-state index contributed by atoms with van der Waals surface area (Å²) in [4.78, 5) is 41.3. The van der Waals surface area contributed by atoms with Crippen LogP contribution in [0.25, 0.3) is 22.2 Å². The molecule has 3 aliphatic carbocycles. The van der Waals surface area contributed by atoms with Gasteiger partial charge in [-0.15, -0.1) is 0 Å². The number of Topliss-reactive ketones (excluding diaryl/α,β-unsaturated/α-hetero) is 1. The van der Waals surface area contributed by atoms with Gasteiger partial charge in [0.05, 0.1) is 23.4 Å². The second kappa shape index (κ2) is 12.1. The molecular weight excluding hydrogens is 534 g/mol. The van der Waals surface area contributed by atoms with E-state index in [2.05, 4.69) is 45.5 Å². The maximum atomic E-state index is 13.6. The monoisotopic (exact) mass is 581 g/mol. The number of nitrogens with one attached hydrogen (secondary N) is 2. The molecule has 0 unspecified atom stereocenters. The zero-order valence-electron chi connectivity index (χ0n) is 25.7. The van der Waals surface area contributed by atoms with Crippen molar-refractivity contribution >= 4 is 22.6 Å². The minimum Gasteiger partial charge on any atom is -0.346 e. The van der Waals surface area contributed by atoms with E-state index in [1.807, 2.05) is 13.1 Å². The van der Waals surface area contributed by atoms with Gasteiger partial charge in [0.1, 0.15) is 11.6 Å². The molecule has 7 heteroatoms. The number of benzene rings is 1. The molecule has 3 saturated carbocycles. The van der Waals surface area contributed by atoms with Crippen LogP contribution in [0.2, 0.25) is 0 Å². The number of aromatic nitrogens is 3. The summed E-state index contributed by atoms with van der Waals surface area (Å²) < 4.78 is 0. The third kappa shape index (κ3) is 6.72. The Bertz CT molecular complexity index is 1460. The van der Waals surface area contributed by atoms with E-state index in [0.717, 1.165) is 91.9 Å². The van der Waals surface area contributed by atoms with E-state index < -0.39 is 0 Å². The lowest BCUT2D eigenvalue weighted by Gasteiger charge is -2.33. The summed E-state index contributed by atoms with van der Waals surface area (Å²) >= 11 is 0. The molecule has 3 aromatic rings. The summed E-state index contributed by atoms with van der Waals surface area (Å²) in [5.74, 6) is 3.05. The number of nitrogens with zero attached hydrogens (tertiary/aromatic N) is 3. The minimum absolute atomic E-state index is 0.128. The molecule has 228 valence electrons. The lowest BCUT2D eigenvalue weighted by molar-refractivity contribution is -0.124. The zero-order chi connectivity index (χ0) is 29.4. The number of hydrogen-bond acceptors (Lipinski definition) is 5. The van der Waals surface area contributed by atoms with Crippen molar-refractivity contribution < 1.29 is 9.59 Å². The summed E-state index contributed by atoms with van der Waals surface area (Å²) in [7, 11) is 0. The van der Waals surface area contributed by atoms with Crippen LogP contribution in [0.4, 0.5) is 0 Å². The number of hydrogen-bond donors (Lipinski definition) is 2. The molecule has 0 radical (unpaired) electrons. The van der Waals surface area contributed by atoms with Gasteiger partial charge in [-0.3, -0.25) is 14.6 Å². The topological polar surface area (TPSA) is 91.0 Å². The van der Waals surface area contributed by atoms with Gasteiger partial charge < -0.3 is 15.2 Å². The molecule has 4 fully saturated rings. The summed E-state index contributed by atoms with van der Waals surface area (Å²) in [6, 6.07) is 10.6. The number of H-pyrrole nitrogens is 1. The minimum atomic E-state index is -0.154. The number of pyridine rings is 1. The van der Waals surface area contributed by atoms with Crippen molar-refractivity contribution in [1.82, 2.24) is 25.2 Å². The van der Waals surface area contributed by atoms with Gasteiger partial charge in [0.15, 0.2) is 0 Å². The Kier molecular flexibility index (Phi) is 8.10. The fraction of sp³-hybridized carbons (Fsp3) is 0.611. The fourth-order valence-electron chi connectivity index (χ4n) is 7.27. The number of aromatic amines is 1. The van der Waals surface area contributed by atoms with E-state index in [9.17, 15) is 9.59 Å². The van der Waals surface area contributed by atoms with Crippen LogP contribution in [-0.2, 0) is 9.59 Å². The van der Waals surface area contributed by atoms with E-state index in [-0.39, 0.29) is 23.3 Å². The van der Waals surface area contributed by atoms with E-state index >= 15 is 0 Å². The van der Waals surface area contributed by atoms with E-state index in [1.165, 1.54) is 37.9 Å². The number of unbranched alkanes of at least 4 members (excludes halogenated alkanes) is 2. The Labute approximate surface area is 255 Å². The number of piperidine rings is 1. The van der Waals surface area contributed by atoms with Gasteiger partial charge in [0, 0.05) is 47.9 Å². The quantitative estimate of drug-likeness (QED) is 0.198. The first kappa shape index (κ1) is 28.7. The molecule has 43 heavy (non-hydrogen) atoms. The van der Waals surface area contributed by atoms with Gasteiger partial charge in [-0.05, 0) is 100 Å². The molecule has 3 heterocycles. The first-order valence-corrected chi connectivity index (χ1v) is 17.0. The molecule has 7 rings (SSSR count). The van der Waals surface area contributed by atoms with Crippen molar-refractivity contribution in [1.29, 1.82) is 0 Å². The van der Waals surface area contributed by atoms with E-state index in [0.29, 0.717) is 24.5 Å². The van der Waals surface area contributed by atoms with Gasteiger partial charge in [-0.2, -0.15) is 0 Å². The number of fused-ring (bicyclic) bond motifs is 1. The molecule has 1 spiro atoms. The van der Waals surface area contributed by atoms with E-state index in [1.54, 1.807) is 0 Å². The standard InChI is InChI=1S/C36H47N5O2/c1-2-28(42)6-4-3-5-7-32(40-35(43)29-21-36(29)16-18-41(19-17-36)23-24-8-9-24)34-37-22-33(39-34)27-13-15-31-26(20-27)12-14-30(38-31)25-10-11-25/h12-15,20,22,24-25,29,32H,2-11,16-19,21,23H2,1H3,(H,37,39)(H,40,43)/t29-,32+/m1/s1. The average Bonchev–Trinajstić information content (AvgIpc) is 3.96. The fourth-order valence-corrected chi connectivity index (χ4v) is 7.27. The van der Waals surface area contributed by atoms with Crippen molar-refractivity contribution in [2.24, 2.45) is 17.3 Å². The smallest absolute Gasteiger partial charge is 0.224 e. The summed E-state index contributed by atoms with van der Waals surface area (Å²) in [6.45, 7) is 5.48. The molecule has 0 bridgehead atoms. The Hall–Kier alpha value is -3.06. The highest BCUT2D eigenvalue weighted by molar-refractivity contribution is 5.84. The summed E-state index contributed by atoms with van der Waals surface area (Å²) in [5, 5.41) is 4.56. The third-order valence-electron chi connectivity index (χ3n) is 10.7. The van der Waals surface area contributed by atoms with Crippen LogP contribution in [0.1, 0.15) is 114 Å². The molecule has 1 amide bonds. The molecular formula is C36H47N5O2. The molecule has 1 aromatic carbocycles. The van der Waals surface area contributed by atoms with E-state index in [4.69, 9.17) is 9.97 Å². The van der Waals surface area contributed by atoms with Crippen molar-refractivity contribution in [3.63, 3.8) is 0 Å². The van der Waals surface area contributed by atoms with Gasteiger partial charge >= 0.3 is 0 Å². The van der Waals surface area contributed by atoms with Gasteiger partial charge in [-0.1, -0.05) is 31.9 Å². The number of imidazole rings is 1. The van der Waals surface area contributed by atoms with Crippen molar-refractivity contribution in [3.8, 4) is 11.3 Å². The van der Waals surface area contributed by atoms with Crippen LogP contribution < -0.4 is 5.32 Å². The first-order chi connectivity index (χ1) is 21.0. The van der Waals surface area contributed by atoms with Crippen LogP contribution >= 0.6 is 0 Å². The summed E-state index contributed by atoms with van der Waals surface area (Å²) in [6.07, 6.45) is 15.5. The second-order valence-corrected chi connectivity index (χ2v) is 14.0. The molecule has 4 aliphatic rings. The third-order valence-corrected chi connectivity index (χ3v) is 10.7. The predicted molar refractivity (Wildman–Crippen MR) is 170 cm³/mol. The van der Waals surface area contributed by atoms with Gasteiger partial charge in [0.2, 0.25) is 5.91 Å². The molecule has 2 aromatic heterocycles. The largest absolute Gasteiger partial charge is 0.346 e. The number of carbonyl (C=O) groups is 2. The summed E-state index contributed by atoms with van der Waals surface area (Å²) in [5.41, 5.74) is 4.50. The van der Waals surface area contributed by atoms with Crippen LogP contribution in [0.3, 0.4) is 0 Å². The second-order valence-electron chi connectivity index (χ2n) is 14.0. The lowest BCUT2D eigenvalue weighted by Crippen LogP contribution is -2.38. The lowest BCUT2D eigenvalue weighted by atomic mass is 9.90. The Morgan fingerprint density at radius 3 is 2.67 bits per heavy atom. The first-order valence-electron chi connectivity index (χ1n) is 17.0. The maximum absolute atomic E-state index is 13.6. The van der Waals surface area contributed by atoms with Crippen LogP contribution in [0.15, 0.2) is 36.5 Å². The SMILES string of the molecule is CCC(=O)CCCCC[C@H](NC(=O)[C@H]1CC12CCN(CC1CC1)CC2)c1ncc(-c2ccc3nc(C4CC4)ccc3c2)[nH]1. The van der Waals surface area contributed by atoms with Crippen LogP contribution in [0.5, 0.6) is 0 Å². The van der Waals surface area contributed by atoms with Gasteiger partial charge in [-0.25, -0.2) is 4.98 Å². The van der Waals surface area contributed by atoms with Crippen LogP contribution in [-0.4, -0.2) is 51.2 Å². The number of likely N-dealkylation sites (tertiary alicyclic amines) is 1. The zero-order valence-corrected chi connectivity index (χ0v) is 25.7. The molecule has 7 nitrogen and oxygen atoms in total. The Balaban J connectivity index is 1.01. The number of amides is 1. The molecule has 2 N–H and O–H groups in total. The highest BCUT2D eigenvalue weighted by Gasteiger charge is 2.58. The molecule has 2 atom stereocenters. The maximum Gasteiger partial charge on any atom is 0.224 e. The van der Waals surface area contributed by atoms with Crippen molar-refractivity contribution in [2.75, 3.05) is 19.6 Å². The van der Waals surface area contributed by atoms with Crippen molar-refractivity contribution in [2.45, 2.75) is 102 Å². The molecule has 1 saturated heterocycles. The predicted octanol–water partition coefficient (Wildman–Crippen LogP) is 7.10. The highest BCUT2D eigenvalue weighted by atomic mass is 16.2. The number of rotatable bonds is 14. The Morgan fingerprint density at radius 2 is 1.91 bits per heavy atom. The van der Waals surface area contributed by atoms with Crippen LogP contribution in [0, 0.1) is 17.3 Å². The average molecular weight is 582 g/mol. The molecule has 1 aliphatic heterocycles. The number of carbonyl (C=O) groups excluding carboxylic acids is 2. The van der Waals surface area contributed by atoms with Gasteiger partial charge in [0.25, 0.3) is 0 Å². The number of ketones is 1. The highest BCUT2D eigenvalue weighted by Crippen LogP contribution is 2.59.